The molecule has 2 rings (SSSR count). The normalized spacial score (nSPS) is 10.2. The maximum Gasteiger partial charge on any atom is 0.163 e. The lowest BCUT2D eigenvalue weighted by molar-refractivity contribution is 0.101. The number of hydrogen-bond donors (Lipinski definition) is 0. The molecule has 0 heterocycles. The summed E-state index contributed by atoms with van der Waals surface area (Å²) in [6.07, 6.45) is 0. The van der Waals surface area contributed by atoms with Crippen molar-refractivity contribution in [1.29, 1.82) is 0 Å². The third-order valence-electron chi connectivity index (χ3n) is 3.11. The Morgan fingerprint density at radius 1 is 1.10 bits per heavy atom. The van der Waals surface area contributed by atoms with E-state index >= 15 is 0 Å². The molecule has 0 fully saturated rings. The Balaban J connectivity index is 2.26. The van der Waals surface area contributed by atoms with Crippen molar-refractivity contribution in [3.63, 3.8) is 0 Å². The summed E-state index contributed by atoms with van der Waals surface area (Å²) in [7, 11) is 1.59. The third kappa shape index (κ3) is 3.18. The fraction of sp³-hybridized carbons (Fsp3) is 0.235. The van der Waals surface area contributed by atoms with Gasteiger partial charge in [-0.05, 0) is 37.1 Å². The smallest absolute Gasteiger partial charge is 0.163 e. The Labute approximate surface area is 119 Å². The molecule has 0 spiro atoms. The molecule has 0 aliphatic heterocycles. The molecule has 3 heteroatoms. The van der Waals surface area contributed by atoms with E-state index < -0.39 is 0 Å². The largest absolute Gasteiger partial charge is 0.496 e. The fourth-order valence-corrected chi connectivity index (χ4v) is 2.01. The van der Waals surface area contributed by atoms with Gasteiger partial charge in [-0.25, -0.2) is 0 Å². The number of ketones is 1. The number of Topliss-reactive ketones (excluding diaryl/α,β-unsaturated/α-hetero) is 1. The summed E-state index contributed by atoms with van der Waals surface area (Å²) < 4.78 is 11.0. The van der Waals surface area contributed by atoms with Crippen LogP contribution in [-0.4, -0.2) is 12.9 Å². The van der Waals surface area contributed by atoms with Crippen LogP contribution in [0.1, 0.15) is 28.4 Å². The summed E-state index contributed by atoms with van der Waals surface area (Å²) in [5.74, 6) is 1.26. The zero-order chi connectivity index (χ0) is 14.5. The minimum atomic E-state index is -0.0358. The molecule has 0 radical (unpaired) electrons. The molecule has 0 saturated heterocycles. The number of rotatable bonds is 5. The van der Waals surface area contributed by atoms with Crippen molar-refractivity contribution in [3.8, 4) is 11.5 Å². The monoisotopic (exact) mass is 270 g/mol. The predicted molar refractivity (Wildman–Crippen MR) is 78.5 cm³/mol. The maximum absolute atomic E-state index is 11.7. The molecule has 0 N–H and O–H groups in total. The lowest BCUT2D eigenvalue weighted by Gasteiger charge is -2.13. The molecular weight excluding hydrogens is 252 g/mol. The van der Waals surface area contributed by atoms with Gasteiger partial charge in [0.15, 0.2) is 5.78 Å². The van der Waals surface area contributed by atoms with E-state index in [9.17, 15) is 4.79 Å². The Hall–Kier alpha value is -2.29. The molecular formula is C17H18O3. The minimum Gasteiger partial charge on any atom is -0.496 e. The number of hydrogen-bond acceptors (Lipinski definition) is 3. The fourth-order valence-electron chi connectivity index (χ4n) is 2.01. The van der Waals surface area contributed by atoms with Gasteiger partial charge in [-0.1, -0.05) is 30.3 Å². The van der Waals surface area contributed by atoms with Crippen molar-refractivity contribution in [2.75, 3.05) is 7.11 Å². The number of methoxy groups -OCH3 is 1. The first-order valence-corrected chi connectivity index (χ1v) is 6.48. The van der Waals surface area contributed by atoms with E-state index in [1.807, 2.05) is 43.3 Å². The Kier molecular flexibility index (Phi) is 4.41. The van der Waals surface area contributed by atoms with Crippen molar-refractivity contribution in [3.05, 3.63) is 59.2 Å². The molecule has 0 aliphatic rings. The van der Waals surface area contributed by atoms with Crippen molar-refractivity contribution < 1.29 is 14.3 Å². The van der Waals surface area contributed by atoms with Gasteiger partial charge in [0, 0.05) is 0 Å². The average molecular weight is 270 g/mol. The van der Waals surface area contributed by atoms with Gasteiger partial charge in [-0.3, -0.25) is 4.79 Å². The van der Waals surface area contributed by atoms with E-state index in [1.54, 1.807) is 13.2 Å². The van der Waals surface area contributed by atoms with Gasteiger partial charge in [0.2, 0.25) is 0 Å². The number of carbonyl (C=O) groups excluding carboxylic acids is 1. The third-order valence-corrected chi connectivity index (χ3v) is 3.11. The van der Waals surface area contributed by atoms with E-state index in [2.05, 4.69) is 0 Å². The highest BCUT2D eigenvalue weighted by molar-refractivity contribution is 5.97. The summed E-state index contributed by atoms with van der Waals surface area (Å²) in [5.41, 5.74) is 2.56. The topological polar surface area (TPSA) is 35.5 Å². The van der Waals surface area contributed by atoms with Gasteiger partial charge in [0.1, 0.15) is 18.1 Å². The molecule has 3 nitrogen and oxygen atoms in total. The molecule has 2 aromatic rings. The molecule has 0 aliphatic carbocycles. The number of carbonyl (C=O) groups is 1. The van der Waals surface area contributed by atoms with E-state index in [4.69, 9.17) is 9.47 Å². The van der Waals surface area contributed by atoms with Gasteiger partial charge in [0.05, 0.1) is 12.7 Å². The maximum atomic E-state index is 11.7. The summed E-state index contributed by atoms with van der Waals surface area (Å²) in [6.45, 7) is 3.89. The molecule has 0 aromatic heterocycles. The minimum absolute atomic E-state index is 0.0358. The van der Waals surface area contributed by atoms with Crippen LogP contribution in [0.5, 0.6) is 11.5 Å². The van der Waals surface area contributed by atoms with Crippen LogP contribution in [-0.2, 0) is 6.61 Å². The highest BCUT2D eigenvalue weighted by Crippen LogP contribution is 2.29. The zero-order valence-corrected chi connectivity index (χ0v) is 12.0. The Bertz CT molecular complexity index is 603. The SMILES string of the molecule is COc1cc(C(C)=O)c(OCc2ccccc2)cc1C. The number of aryl methyl sites for hydroxylation is 1. The molecule has 20 heavy (non-hydrogen) atoms. The first-order valence-electron chi connectivity index (χ1n) is 6.48. The van der Waals surface area contributed by atoms with E-state index in [1.165, 1.54) is 6.92 Å². The van der Waals surface area contributed by atoms with E-state index in [0.29, 0.717) is 23.7 Å². The lowest BCUT2D eigenvalue weighted by Crippen LogP contribution is -2.03. The van der Waals surface area contributed by atoms with Crippen LogP contribution in [0.25, 0.3) is 0 Å². The van der Waals surface area contributed by atoms with E-state index in [-0.39, 0.29) is 5.78 Å². The zero-order valence-electron chi connectivity index (χ0n) is 12.0. The van der Waals surface area contributed by atoms with Crippen LogP contribution < -0.4 is 9.47 Å². The second kappa shape index (κ2) is 6.24. The average Bonchev–Trinajstić information content (AvgIpc) is 2.46. The van der Waals surface area contributed by atoms with Gasteiger partial charge in [0.25, 0.3) is 0 Å². The first-order chi connectivity index (χ1) is 9.61. The van der Waals surface area contributed by atoms with Gasteiger partial charge >= 0.3 is 0 Å². The summed E-state index contributed by atoms with van der Waals surface area (Å²) in [5, 5.41) is 0. The van der Waals surface area contributed by atoms with Crippen LogP contribution in [0.4, 0.5) is 0 Å². The van der Waals surface area contributed by atoms with Crippen molar-refractivity contribution in [2.24, 2.45) is 0 Å². The van der Waals surface area contributed by atoms with Crippen molar-refractivity contribution >= 4 is 5.78 Å². The summed E-state index contributed by atoms with van der Waals surface area (Å²) >= 11 is 0. The van der Waals surface area contributed by atoms with Gasteiger partial charge in [-0.15, -0.1) is 0 Å². The number of ether oxygens (including phenoxy) is 2. The predicted octanol–water partition coefficient (Wildman–Crippen LogP) is 3.79. The second-order valence-electron chi connectivity index (χ2n) is 4.65. The first kappa shape index (κ1) is 14.1. The highest BCUT2D eigenvalue weighted by Gasteiger charge is 2.13. The summed E-state index contributed by atoms with van der Waals surface area (Å²) in [6, 6.07) is 13.4. The van der Waals surface area contributed by atoms with Crippen molar-refractivity contribution in [2.45, 2.75) is 20.5 Å². The molecule has 0 unspecified atom stereocenters. The molecule has 0 bridgehead atoms. The van der Waals surface area contributed by atoms with Crippen LogP contribution in [0.3, 0.4) is 0 Å². The van der Waals surface area contributed by atoms with E-state index in [0.717, 1.165) is 11.1 Å². The Morgan fingerprint density at radius 2 is 1.80 bits per heavy atom. The molecule has 0 saturated carbocycles. The molecule has 104 valence electrons. The summed E-state index contributed by atoms with van der Waals surface area (Å²) in [4.78, 5) is 11.7. The van der Waals surface area contributed by atoms with Crippen LogP contribution in [0.2, 0.25) is 0 Å². The van der Waals surface area contributed by atoms with Crippen LogP contribution in [0.15, 0.2) is 42.5 Å². The second-order valence-corrected chi connectivity index (χ2v) is 4.65. The number of benzene rings is 2. The van der Waals surface area contributed by atoms with Gasteiger partial charge < -0.3 is 9.47 Å². The highest BCUT2D eigenvalue weighted by atomic mass is 16.5. The molecule has 0 atom stereocenters. The quantitative estimate of drug-likeness (QED) is 0.775. The van der Waals surface area contributed by atoms with Gasteiger partial charge in [-0.2, -0.15) is 0 Å². The Morgan fingerprint density at radius 3 is 2.40 bits per heavy atom. The van der Waals surface area contributed by atoms with Crippen LogP contribution >= 0.6 is 0 Å². The standard InChI is InChI=1S/C17H18O3/c1-12-9-17(15(13(2)18)10-16(12)19-3)20-11-14-7-5-4-6-8-14/h4-10H,11H2,1-3H3. The molecule has 2 aromatic carbocycles. The van der Waals surface area contributed by atoms with Crippen LogP contribution in [0, 0.1) is 6.92 Å². The lowest BCUT2D eigenvalue weighted by atomic mass is 10.1. The molecule has 0 amide bonds. The van der Waals surface area contributed by atoms with Crippen molar-refractivity contribution in [1.82, 2.24) is 0 Å².